The molecule has 0 aromatic heterocycles. The molecule has 0 saturated carbocycles. The summed E-state index contributed by atoms with van der Waals surface area (Å²) in [6.07, 6.45) is 10.7. The smallest absolute Gasteiger partial charge is 0.338 e. The van der Waals surface area contributed by atoms with E-state index < -0.39 is 0 Å². The van der Waals surface area contributed by atoms with E-state index in [1.54, 1.807) is 0 Å². The second-order valence-corrected chi connectivity index (χ2v) is 7.75. The van der Waals surface area contributed by atoms with E-state index >= 15 is 0 Å². The number of rotatable bonds is 11. The zero-order chi connectivity index (χ0) is 19.8. The molecule has 0 atom stereocenters. The van der Waals surface area contributed by atoms with Crippen molar-refractivity contribution in [3.8, 4) is 11.1 Å². The summed E-state index contributed by atoms with van der Waals surface area (Å²) in [6, 6.07) is 14.6. The van der Waals surface area contributed by atoms with E-state index in [2.05, 4.69) is 43.8 Å². The molecule has 2 aromatic rings. The van der Waals surface area contributed by atoms with E-state index in [4.69, 9.17) is 4.74 Å². The van der Waals surface area contributed by atoms with Crippen molar-refractivity contribution in [1.82, 2.24) is 0 Å². The van der Waals surface area contributed by atoms with Gasteiger partial charge in [-0.05, 0) is 40.7 Å². The highest BCUT2D eigenvalue weighted by atomic mass is 16.5. The van der Waals surface area contributed by atoms with Crippen molar-refractivity contribution in [3.05, 3.63) is 65.7 Å². The maximum Gasteiger partial charge on any atom is 0.338 e. The molecule has 0 N–H and O–H groups in total. The second-order valence-electron chi connectivity index (χ2n) is 7.75. The molecule has 0 bridgehead atoms. The first-order chi connectivity index (χ1) is 13.7. The average molecular weight is 377 g/mol. The highest BCUT2D eigenvalue weighted by Gasteiger charge is 2.23. The Morgan fingerprint density at radius 1 is 0.893 bits per heavy atom. The largest absolute Gasteiger partial charge is 0.462 e. The number of unbranched alkanes of at least 4 members (excludes halogenated alkanes) is 7. The molecule has 1 aliphatic carbocycles. The van der Waals surface area contributed by atoms with Gasteiger partial charge in [-0.2, -0.15) is 0 Å². The Hall–Kier alpha value is -2.35. The molecule has 2 heteroatoms. The first-order valence-electron chi connectivity index (χ1n) is 10.8. The van der Waals surface area contributed by atoms with Gasteiger partial charge in [0.05, 0.1) is 12.2 Å². The van der Waals surface area contributed by atoms with E-state index in [0.717, 1.165) is 24.8 Å². The molecule has 148 valence electrons. The van der Waals surface area contributed by atoms with Crippen LogP contribution in [-0.2, 0) is 16.0 Å². The van der Waals surface area contributed by atoms with Crippen molar-refractivity contribution in [3.63, 3.8) is 0 Å². The van der Waals surface area contributed by atoms with Gasteiger partial charge in [0.15, 0.2) is 0 Å². The predicted molar refractivity (Wildman–Crippen MR) is 117 cm³/mol. The van der Waals surface area contributed by atoms with Gasteiger partial charge in [-0.15, -0.1) is 0 Å². The van der Waals surface area contributed by atoms with Crippen molar-refractivity contribution in [2.24, 2.45) is 0 Å². The number of carbonyl (C=O) groups excluding carboxylic acids is 1. The number of benzene rings is 2. The van der Waals surface area contributed by atoms with Crippen LogP contribution in [0.25, 0.3) is 16.7 Å². The van der Waals surface area contributed by atoms with E-state index in [1.165, 1.54) is 60.8 Å². The Labute approximate surface area is 169 Å². The van der Waals surface area contributed by atoms with Gasteiger partial charge in [0.2, 0.25) is 0 Å². The lowest BCUT2D eigenvalue weighted by atomic mass is 9.96. The van der Waals surface area contributed by atoms with E-state index in [0.29, 0.717) is 12.2 Å². The third kappa shape index (κ3) is 4.92. The van der Waals surface area contributed by atoms with Gasteiger partial charge in [0, 0.05) is 0 Å². The number of esters is 1. The highest BCUT2D eigenvalue weighted by molar-refractivity contribution is 6.16. The van der Waals surface area contributed by atoms with E-state index in [-0.39, 0.29) is 5.97 Å². The third-order valence-electron chi connectivity index (χ3n) is 5.65. The monoisotopic (exact) mass is 376 g/mol. The molecule has 0 fully saturated rings. The van der Waals surface area contributed by atoms with E-state index in [1.807, 2.05) is 12.1 Å². The number of hydrogen-bond donors (Lipinski definition) is 0. The lowest BCUT2D eigenvalue weighted by Crippen LogP contribution is -2.09. The molecule has 28 heavy (non-hydrogen) atoms. The summed E-state index contributed by atoms with van der Waals surface area (Å²) >= 11 is 0. The quantitative estimate of drug-likeness (QED) is 0.205. The summed E-state index contributed by atoms with van der Waals surface area (Å²) in [5.74, 6) is -0.285. The minimum absolute atomic E-state index is 0.285. The molecular weight excluding hydrogens is 344 g/mol. The molecule has 0 saturated heterocycles. The van der Waals surface area contributed by atoms with Crippen LogP contribution in [0.5, 0.6) is 0 Å². The molecule has 2 aromatic carbocycles. The van der Waals surface area contributed by atoms with Gasteiger partial charge in [-0.25, -0.2) is 4.79 Å². The second kappa shape index (κ2) is 10.3. The van der Waals surface area contributed by atoms with Crippen molar-refractivity contribution < 1.29 is 9.53 Å². The van der Waals surface area contributed by atoms with Gasteiger partial charge in [-0.1, -0.05) is 101 Å². The van der Waals surface area contributed by atoms with Crippen LogP contribution in [0.1, 0.15) is 75.0 Å². The fourth-order valence-electron chi connectivity index (χ4n) is 4.04. The molecule has 1 aliphatic rings. The van der Waals surface area contributed by atoms with Crippen LogP contribution in [0.2, 0.25) is 0 Å². The Kier molecular flexibility index (Phi) is 7.47. The summed E-state index contributed by atoms with van der Waals surface area (Å²) in [6.45, 7) is 6.78. The van der Waals surface area contributed by atoms with Crippen LogP contribution in [0.3, 0.4) is 0 Å². The molecule has 3 rings (SSSR count). The topological polar surface area (TPSA) is 26.3 Å². The van der Waals surface area contributed by atoms with Crippen LogP contribution in [0, 0.1) is 0 Å². The molecule has 2 nitrogen and oxygen atoms in total. The zero-order valence-electron chi connectivity index (χ0n) is 17.1. The normalized spacial score (nSPS) is 11.8. The highest BCUT2D eigenvalue weighted by Crippen LogP contribution is 2.39. The van der Waals surface area contributed by atoms with Crippen LogP contribution in [0.15, 0.2) is 49.0 Å². The Morgan fingerprint density at radius 2 is 1.57 bits per heavy atom. The first-order valence-corrected chi connectivity index (χ1v) is 10.8. The molecule has 0 radical (unpaired) electrons. The van der Waals surface area contributed by atoms with Crippen LogP contribution >= 0.6 is 0 Å². The van der Waals surface area contributed by atoms with E-state index in [9.17, 15) is 4.79 Å². The van der Waals surface area contributed by atoms with Gasteiger partial charge in [0.1, 0.15) is 0 Å². The lowest BCUT2D eigenvalue weighted by molar-refractivity contribution is -0.136. The molecule has 0 aliphatic heterocycles. The van der Waals surface area contributed by atoms with Gasteiger partial charge in [0.25, 0.3) is 0 Å². The van der Waals surface area contributed by atoms with Crippen LogP contribution < -0.4 is 0 Å². The number of hydrogen-bond acceptors (Lipinski definition) is 2. The third-order valence-corrected chi connectivity index (χ3v) is 5.65. The fourth-order valence-corrected chi connectivity index (χ4v) is 4.04. The molecule has 0 heterocycles. The summed E-state index contributed by atoms with van der Waals surface area (Å²) < 4.78 is 5.50. The minimum Gasteiger partial charge on any atom is -0.462 e. The van der Waals surface area contributed by atoms with Crippen molar-refractivity contribution >= 4 is 11.5 Å². The number of carbonyl (C=O) groups is 1. The van der Waals surface area contributed by atoms with Gasteiger partial charge >= 0.3 is 5.97 Å². The van der Waals surface area contributed by atoms with Crippen molar-refractivity contribution in [1.29, 1.82) is 0 Å². The van der Waals surface area contributed by atoms with Crippen LogP contribution in [0.4, 0.5) is 0 Å². The van der Waals surface area contributed by atoms with Crippen LogP contribution in [-0.4, -0.2) is 12.6 Å². The fraction of sp³-hybridized carbons (Fsp3) is 0.423. The average Bonchev–Trinajstić information content (AvgIpc) is 3.10. The summed E-state index contributed by atoms with van der Waals surface area (Å²) in [5.41, 5.74) is 6.38. The Balaban J connectivity index is 1.47. The van der Waals surface area contributed by atoms with Gasteiger partial charge < -0.3 is 4.74 Å². The molecule has 0 unspecified atom stereocenters. The summed E-state index contributed by atoms with van der Waals surface area (Å²) in [5, 5.41) is 0. The Bertz CT molecular complexity index is 819. The molecule has 0 amide bonds. The van der Waals surface area contributed by atoms with Crippen molar-refractivity contribution in [2.75, 3.05) is 6.61 Å². The predicted octanol–water partition coefficient (Wildman–Crippen LogP) is 6.95. The number of fused-ring (bicyclic) bond motifs is 3. The Morgan fingerprint density at radius 3 is 2.36 bits per heavy atom. The maximum absolute atomic E-state index is 12.5. The standard InChI is InChI=1S/C26H32O2/c1-3-4-5-6-7-8-9-12-18-28-26(27)20(2)22-16-13-17-24-23-15-11-10-14-21(23)19-25(22)24/h10-11,13-17H,2-9,12,18-19H2,1H3. The summed E-state index contributed by atoms with van der Waals surface area (Å²) in [7, 11) is 0. The lowest BCUT2D eigenvalue weighted by Gasteiger charge is -2.11. The van der Waals surface area contributed by atoms with Crippen molar-refractivity contribution in [2.45, 2.75) is 64.7 Å². The first kappa shape index (κ1) is 20.4. The molecular formula is C26H32O2. The zero-order valence-corrected chi connectivity index (χ0v) is 17.1. The molecule has 0 spiro atoms. The number of ether oxygens (including phenoxy) is 1. The van der Waals surface area contributed by atoms with Gasteiger partial charge in [-0.3, -0.25) is 0 Å². The minimum atomic E-state index is -0.285. The SMILES string of the molecule is C=C(C(=O)OCCCCCCCCCC)c1cccc2c1Cc1ccccc1-2. The summed E-state index contributed by atoms with van der Waals surface area (Å²) in [4.78, 5) is 12.5. The maximum atomic E-state index is 12.5.